The van der Waals surface area contributed by atoms with Gasteiger partial charge in [0.1, 0.15) is 5.69 Å². The Bertz CT molecular complexity index is 402. The number of thioether (sulfide) groups is 2. The Balaban J connectivity index is 2.24. The van der Waals surface area contributed by atoms with Crippen LogP contribution in [0.5, 0.6) is 0 Å². The van der Waals surface area contributed by atoms with Gasteiger partial charge in [0.2, 0.25) is 0 Å². The summed E-state index contributed by atoms with van der Waals surface area (Å²) in [5.41, 5.74) is 0.698. The predicted octanol–water partition coefficient (Wildman–Crippen LogP) is 2.99. The molecule has 1 aromatic heterocycles. The molecule has 3 nitrogen and oxygen atoms in total. The summed E-state index contributed by atoms with van der Waals surface area (Å²) in [6, 6.07) is 0. The number of carbonyl (C=O) groups is 1. The second kappa shape index (κ2) is 5.80. The minimum Gasteiger partial charge on any atom is -0.291 e. The molecule has 0 spiro atoms. The van der Waals surface area contributed by atoms with Crippen LogP contribution in [0, 0.1) is 0 Å². The van der Waals surface area contributed by atoms with Crippen molar-refractivity contribution >= 4 is 45.2 Å². The van der Waals surface area contributed by atoms with E-state index in [2.05, 4.69) is 28.0 Å². The molecule has 1 aliphatic heterocycles. The van der Waals surface area contributed by atoms with Crippen molar-refractivity contribution < 1.29 is 4.79 Å². The summed E-state index contributed by atoms with van der Waals surface area (Å²) in [5.74, 6) is 2.42. The van der Waals surface area contributed by atoms with Crippen LogP contribution in [0.25, 0.3) is 0 Å². The van der Waals surface area contributed by atoms with Crippen molar-refractivity contribution in [2.24, 2.45) is 7.05 Å². The van der Waals surface area contributed by atoms with Gasteiger partial charge in [0.25, 0.3) is 0 Å². The first kappa shape index (κ1) is 13.5. The van der Waals surface area contributed by atoms with Crippen molar-refractivity contribution in [1.29, 1.82) is 0 Å². The molecule has 1 fully saturated rings. The van der Waals surface area contributed by atoms with Gasteiger partial charge in [0.05, 0.1) is 15.9 Å². The molecule has 0 radical (unpaired) electrons. The van der Waals surface area contributed by atoms with Crippen LogP contribution in [-0.4, -0.2) is 37.6 Å². The molecule has 94 valence electrons. The van der Waals surface area contributed by atoms with E-state index in [1.807, 2.05) is 18.8 Å². The van der Waals surface area contributed by atoms with E-state index >= 15 is 0 Å². The van der Waals surface area contributed by atoms with E-state index in [0.717, 1.165) is 22.4 Å². The highest BCUT2D eigenvalue weighted by molar-refractivity contribution is 9.10. The van der Waals surface area contributed by atoms with E-state index in [9.17, 15) is 4.79 Å². The van der Waals surface area contributed by atoms with Gasteiger partial charge in [0.15, 0.2) is 5.78 Å². The summed E-state index contributed by atoms with van der Waals surface area (Å²) in [7, 11) is 1.82. The minimum atomic E-state index is 0.0745. The maximum absolute atomic E-state index is 12.5. The van der Waals surface area contributed by atoms with Crippen LogP contribution in [0.1, 0.15) is 23.8 Å². The summed E-state index contributed by atoms with van der Waals surface area (Å²) < 4.78 is 2.47. The number of nitrogens with zero attached hydrogens (tertiary/aromatic N) is 2. The summed E-state index contributed by atoms with van der Waals surface area (Å²) in [6.45, 7) is 2.15. The average molecular weight is 335 g/mol. The lowest BCUT2D eigenvalue weighted by atomic mass is 10.1. The first-order chi connectivity index (χ1) is 8.15. The molecular formula is C11H15BrN2OS2. The van der Waals surface area contributed by atoms with E-state index in [4.69, 9.17) is 0 Å². The Morgan fingerprint density at radius 2 is 2.29 bits per heavy atom. The molecule has 1 aromatic rings. The molecule has 6 heteroatoms. The Morgan fingerprint density at radius 1 is 1.59 bits per heavy atom. The Kier molecular flexibility index (Phi) is 4.60. The quantitative estimate of drug-likeness (QED) is 0.796. The number of carbonyl (C=O) groups excluding carboxylic acids is 1. The summed E-state index contributed by atoms with van der Waals surface area (Å²) in [4.78, 5) is 12.5. The van der Waals surface area contributed by atoms with Crippen LogP contribution in [-0.2, 0) is 7.05 Å². The number of halogens is 1. The van der Waals surface area contributed by atoms with E-state index < -0.39 is 0 Å². The largest absolute Gasteiger partial charge is 0.291 e. The predicted molar refractivity (Wildman–Crippen MR) is 78.0 cm³/mol. The van der Waals surface area contributed by atoms with Crippen LogP contribution in [0.4, 0.5) is 0 Å². The number of hydrogen-bond acceptors (Lipinski definition) is 4. The monoisotopic (exact) mass is 334 g/mol. The maximum atomic E-state index is 12.5. The second-order valence-corrected chi connectivity index (χ2v) is 7.39. The Morgan fingerprint density at radius 3 is 2.88 bits per heavy atom. The van der Waals surface area contributed by atoms with E-state index in [-0.39, 0.29) is 11.0 Å². The van der Waals surface area contributed by atoms with Crippen molar-refractivity contribution in [1.82, 2.24) is 9.78 Å². The average Bonchev–Trinajstić information content (AvgIpc) is 2.68. The Hall–Kier alpha value is 0.0600. The smallest absolute Gasteiger partial charge is 0.196 e. The van der Waals surface area contributed by atoms with Gasteiger partial charge < -0.3 is 0 Å². The van der Waals surface area contributed by atoms with E-state index in [1.54, 1.807) is 22.6 Å². The summed E-state index contributed by atoms with van der Waals surface area (Å²) in [5, 5.41) is 4.62. The topological polar surface area (TPSA) is 34.9 Å². The number of rotatable bonds is 3. The van der Waals surface area contributed by atoms with E-state index in [0.29, 0.717) is 10.9 Å². The van der Waals surface area contributed by atoms with Crippen LogP contribution < -0.4 is 0 Å². The second-order valence-electron chi connectivity index (χ2n) is 3.94. The molecular weight excluding hydrogens is 320 g/mol. The zero-order valence-corrected chi connectivity index (χ0v) is 13.1. The SMILES string of the molecule is CCC1SCCSC1C(=O)c1c(Br)cnn1C. The van der Waals surface area contributed by atoms with Gasteiger partial charge in [-0.2, -0.15) is 16.9 Å². The number of Topliss-reactive ketones (excluding diaryl/α,β-unsaturated/α-hetero) is 1. The van der Waals surface area contributed by atoms with Crippen molar-refractivity contribution in [2.75, 3.05) is 11.5 Å². The number of aromatic nitrogens is 2. The third kappa shape index (κ3) is 2.74. The number of ketones is 1. The molecule has 0 N–H and O–H groups in total. The summed E-state index contributed by atoms with van der Waals surface area (Å²) in [6.07, 6.45) is 2.73. The molecule has 2 atom stereocenters. The van der Waals surface area contributed by atoms with Gasteiger partial charge in [-0.1, -0.05) is 6.92 Å². The van der Waals surface area contributed by atoms with Gasteiger partial charge in [-0.05, 0) is 22.4 Å². The van der Waals surface area contributed by atoms with Crippen molar-refractivity contribution in [3.63, 3.8) is 0 Å². The highest BCUT2D eigenvalue weighted by Crippen LogP contribution is 2.36. The fourth-order valence-electron chi connectivity index (χ4n) is 1.97. The van der Waals surface area contributed by atoms with Gasteiger partial charge in [-0.15, -0.1) is 11.8 Å². The molecule has 0 amide bonds. The minimum absolute atomic E-state index is 0.0745. The third-order valence-electron chi connectivity index (χ3n) is 2.84. The van der Waals surface area contributed by atoms with E-state index in [1.165, 1.54) is 0 Å². The summed E-state index contributed by atoms with van der Waals surface area (Å²) >= 11 is 7.12. The highest BCUT2D eigenvalue weighted by atomic mass is 79.9. The van der Waals surface area contributed by atoms with Crippen molar-refractivity contribution in [3.05, 3.63) is 16.4 Å². The molecule has 0 saturated carbocycles. The molecule has 1 saturated heterocycles. The molecule has 2 rings (SSSR count). The van der Waals surface area contributed by atoms with Crippen LogP contribution >= 0.6 is 39.5 Å². The molecule has 0 aliphatic carbocycles. The molecule has 0 bridgehead atoms. The third-order valence-corrected chi connectivity index (χ3v) is 6.66. The van der Waals surface area contributed by atoms with Crippen LogP contribution in [0.2, 0.25) is 0 Å². The van der Waals surface area contributed by atoms with Gasteiger partial charge >= 0.3 is 0 Å². The fourth-order valence-corrected chi connectivity index (χ4v) is 5.51. The van der Waals surface area contributed by atoms with Gasteiger partial charge in [0, 0.05) is 23.8 Å². The zero-order chi connectivity index (χ0) is 12.4. The lowest BCUT2D eigenvalue weighted by Gasteiger charge is -2.28. The van der Waals surface area contributed by atoms with Crippen LogP contribution in [0.15, 0.2) is 10.7 Å². The van der Waals surface area contributed by atoms with Gasteiger partial charge in [-0.25, -0.2) is 0 Å². The molecule has 2 heterocycles. The lowest BCUT2D eigenvalue weighted by Crippen LogP contribution is -2.34. The standard InChI is InChI=1S/C11H15BrN2OS2/c1-3-8-11(17-5-4-16-8)10(15)9-7(12)6-13-14(9)2/h6,8,11H,3-5H2,1-2H3. The number of hydrogen-bond donors (Lipinski definition) is 0. The fraction of sp³-hybridized carbons (Fsp3) is 0.636. The normalized spacial score (nSPS) is 24.9. The van der Waals surface area contributed by atoms with Gasteiger partial charge in [-0.3, -0.25) is 9.48 Å². The maximum Gasteiger partial charge on any atom is 0.196 e. The van der Waals surface area contributed by atoms with Crippen LogP contribution in [0.3, 0.4) is 0 Å². The molecule has 2 unspecified atom stereocenters. The first-order valence-corrected chi connectivity index (χ1v) is 8.49. The van der Waals surface area contributed by atoms with Crippen molar-refractivity contribution in [3.8, 4) is 0 Å². The molecule has 1 aliphatic rings. The molecule has 0 aromatic carbocycles. The molecule has 17 heavy (non-hydrogen) atoms. The highest BCUT2D eigenvalue weighted by Gasteiger charge is 2.33. The van der Waals surface area contributed by atoms with Crippen molar-refractivity contribution in [2.45, 2.75) is 23.8 Å². The Labute approximate surface area is 118 Å². The first-order valence-electron chi connectivity index (χ1n) is 5.60. The number of aryl methyl sites for hydroxylation is 1. The zero-order valence-electron chi connectivity index (χ0n) is 9.85. The lowest BCUT2D eigenvalue weighted by molar-refractivity contribution is 0.0978.